The van der Waals surface area contributed by atoms with E-state index >= 15 is 0 Å². The zero-order valence-electron chi connectivity index (χ0n) is 23.3. The van der Waals surface area contributed by atoms with Crippen molar-refractivity contribution in [2.24, 2.45) is 5.92 Å². The Hall–Kier alpha value is -1.47. The Kier molecular flexibility index (Phi) is 13.1. The summed E-state index contributed by atoms with van der Waals surface area (Å²) in [7, 11) is -4.91. The van der Waals surface area contributed by atoms with Crippen molar-refractivity contribution in [2.45, 2.75) is 128 Å². The minimum absolute atomic E-state index is 0.240. The van der Waals surface area contributed by atoms with E-state index in [0.29, 0.717) is 25.7 Å². The maximum Gasteiger partial charge on any atom is 0.397 e. The van der Waals surface area contributed by atoms with Crippen LogP contribution in [0.4, 0.5) is 0 Å². The standard InChI is InChI=1S/C24H43NO14S/c1-6-12(7-2)19-15(25-11(5)26)20(16(27)14(37-19)10-35-40(32,33)34)38-24-18(29)17(28)21(22(39-24)23(30)31)36-13(8-3)9-4/h12-22,24,27-29H,6-10H2,1-5H3,(H,25,26)(H,30,31)(H,32,33,34). The summed E-state index contributed by atoms with van der Waals surface area (Å²) < 4.78 is 59.0. The number of carbonyl (C=O) groups is 2. The lowest BCUT2D eigenvalue weighted by atomic mass is 9.83. The summed E-state index contributed by atoms with van der Waals surface area (Å²) in [5.74, 6) is -2.25. The number of aliphatic hydroxyl groups is 3. The van der Waals surface area contributed by atoms with E-state index in [0.717, 1.165) is 0 Å². The molecule has 10 atom stereocenters. The van der Waals surface area contributed by atoms with Gasteiger partial charge in [-0.2, -0.15) is 8.42 Å². The van der Waals surface area contributed by atoms with Gasteiger partial charge < -0.3 is 44.7 Å². The lowest BCUT2D eigenvalue weighted by Crippen LogP contribution is -2.69. The van der Waals surface area contributed by atoms with E-state index in [-0.39, 0.29) is 5.92 Å². The van der Waals surface area contributed by atoms with Crippen molar-refractivity contribution in [1.29, 1.82) is 0 Å². The molecule has 1 amide bonds. The minimum Gasteiger partial charge on any atom is -0.479 e. The van der Waals surface area contributed by atoms with Crippen molar-refractivity contribution in [3.8, 4) is 0 Å². The molecule has 2 fully saturated rings. The van der Waals surface area contributed by atoms with Gasteiger partial charge in [0.1, 0.15) is 36.6 Å². The fourth-order valence-corrected chi connectivity index (χ4v) is 5.45. The fourth-order valence-electron chi connectivity index (χ4n) is 5.15. The van der Waals surface area contributed by atoms with Crippen LogP contribution >= 0.6 is 0 Å². The highest BCUT2D eigenvalue weighted by atomic mass is 32.3. The van der Waals surface area contributed by atoms with E-state index in [4.69, 9.17) is 23.5 Å². The molecule has 15 nitrogen and oxygen atoms in total. The quantitative estimate of drug-likeness (QED) is 0.136. The van der Waals surface area contributed by atoms with E-state index in [1.165, 1.54) is 6.92 Å². The second-order valence-electron chi connectivity index (χ2n) is 10.0. The number of rotatable bonds is 14. The van der Waals surface area contributed by atoms with Crippen LogP contribution in [0.5, 0.6) is 0 Å². The van der Waals surface area contributed by atoms with E-state index in [2.05, 4.69) is 9.50 Å². The highest BCUT2D eigenvalue weighted by Crippen LogP contribution is 2.34. The van der Waals surface area contributed by atoms with E-state index in [1.54, 1.807) is 0 Å². The predicted molar refractivity (Wildman–Crippen MR) is 136 cm³/mol. The first-order valence-corrected chi connectivity index (χ1v) is 14.8. The van der Waals surface area contributed by atoms with Gasteiger partial charge in [0.2, 0.25) is 5.91 Å². The van der Waals surface area contributed by atoms with Crippen LogP contribution in [-0.2, 0) is 43.1 Å². The molecule has 2 saturated heterocycles. The summed E-state index contributed by atoms with van der Waals surface area (Å²) in [6.07, 6.45) is -12.3. The number of hydrogen-bond donors (Lipinski definition) is 6. The number of hydrogen-bond acceptors (Lipinski definition) is 12. The number of aliphatic hydroxyl groups excluding tert-OH is 3. The van der Waals surface area contributed by atoms with Gasteiger partial charge in [-0.3, -0.25) is 9.35 Å². The predicted octanol–water partition coefficient (Wildman–Crippen LogP) is -0.635. The van der Waals surface area contributed by atoms with Gasteiger partial charge in [0.25, 0.3) is 0 Å². The molecule has 0 radical (unpaired) electrons. The average molecular weight is 602 g/mol. The van der Waals surface area contributed by atoms with Crippen molar-refractivity contribution < 1.29 is 66.1 Å². The first-order chi connectivity index (χ1) is 18.7. The van der Waals surface area contributed by atoms with Gasteiger partial charge in [-0.05, 0) is 18.8 Å². The summed E-state index contributed by atoms with van der Waals surface area (Å²) in [6, 6.07) is -1.07. The van der Waals surface area contributed by atoms with Gasteiger partial charge in [-0.25, -0.2) is 8.98 Å². The number of carbonyl (C=O) groups excluding carboxylic acids is 1. The van der Waals surface area contributed by atoms with Crippen LogP contribution in [0.3, 0.4) is 0 Å². The molecule has 0 saturated carbocycles. The van der Waals surface area contributed by atoms with Crippen molar-refractivity contribution in [3.05, 3.63) is 0 Å². The molecule has 10 unspecified atom stereocenters. The Morgan fingerprint density at radius 3 is 2.00 bits per heavy atom. The summed E-state index contributed by atoms with van der Waals surface area (Å²) in [5, 5.41) is 45.3. The van der Waals surface area contributed by atoms with Gasteiger partial charge in [-0.15, -0.1) is 0 Å². The highest BCUT2D eigenvalue weighted by molar-refractivity contribution is 7.80. The molecule has 40 heavy (non-hydrogen) atoms. The molecule has 2 rings (SSSR count). The third-order valence-corrected chi connectivity index (χ3v) is 7.80. The maximum atomic E-state index is 12.1. The van der Waals surface area contributed by atoms with Crippen molar-refractivity contribution in [3.63, 3.8) is 0 Å². The third-order valence-electron chi connectivity index (χ3n) is 7.36. The van der Waals surface area contributed by atoms with Gasteiger partial charge in [-0.1, -0.05) is 40.5 Å². The highest BCUT2D eigenvalue weighted by Gasteiger charge is 2.54. The van der Waals surface area contributed by atoms with Crippen LogP contribution in [0.25, 0.3) is 0 Å². The van der Waals surface area contributed by atoms with Crippen LogP contribution < -0.4 is 5.32 Å². The van der Waals surface area contributed by atoms with Crippen LogP contribution in [0.15, 0.2) is 0 Å². The number of aliphatic carboxylic acids is 1. The van der Waals surface area contributed by atoms with E-state index in [1.807, 2.05) is 27.7 Å². The molecule has 2 aliphatic rings. The van der Waals surface area contributed by atoms with Crippen molar-refractivity contribution >= 4 is 22.3 Å². The molecule has 0 aromatic carbocycles. The Morgan fingerprint density at radius 1 is 0.925 bits per heavy atom. The molecule has 0 aromatic rings. The lowest BCUT2D eigenvalue weighted by Gasteiger charge is -2.49. The van der Waals surface area contributed by atoms with Crippen LogP contribution in [0.1, 0.15) is 60.3 Å². The Bertz CT molecular complexity index is 927. The summed E-state index contributed by atoms with van der Waals surface area (Å²) >= 11 is 0. The molecular weight excluding hydrogens is 558 g/mol. The molecule has 0 aromatic heterocycles. The number of ether oxygens (including phenoxy) is 4. The normalized spacial score (nSPS) is 35.2. The number of amides is 1. The van der Waals surface area contributed by atoms with E-state index in [9.17, 15) is 38.4 Å². The largest absolute Gasteiger partial charge is 0.479 e. The van der Waals surface area contributed by atoms with Gasteiger partial charge in [0.05, 0.1) is 24.9 Å². The molecular formula is C24H43NO14S. The van der Waals surface area contributed by atoms with E-state index < -0.39 is 96.1 Å². The maximum absolute atomic E-state index is 12.1. The number of carboxylic acids is 1. The second kappa shape index (κ2) is 15.1. The van der Waals surface area contributed by atoms with Gasteiger partial charge in [0, 0.05) is 6.92 Å². The number of nitrogens with one attached hydrogen (secondary N) is 1. The Morgan fingerprint density at radius 2 is 1.52 bits per heavy atom. The monoisotopic (exact) mass is 601 g/mol. The zero-order valence-corrected chi connectivity index (χ0v) is 24.1. The smallest absolute Gasteiger partial charge is 0.397 e. The Labute approximate surface area is 234 Å². The van der Waals surface area contributed by atoms with Crippen LogP contribution in [0.2, 0.25) is 0 Å². The second-order valence-corrected chi connectivity index (χ2v) is 11.1. The molecule has 0 bridgehead atoms. The molecule has 2 aliphatic heterocycles. The van der Waals surface area contributed by atoms with Crippen molar-refractivity contribution in [2.75, 3.05) is 6.61 Å². The molecule has 2 heterocycles. The van der Waals surface area contributed by atoms with Gasteiger partial charge in [0.15, 0.2) is 12.4 Å². The molecule has 0 aliphatic carbocycles. The molecule has 6 N–H and O–H groups in total. The SMILES string of the molecule is CCC(CC)OC1C(C(=O)O)OC(OC2C(O)C(COS(=O)(=O)O)OC(C(CC)CC)C2NC(C)=O)C(O)C1O. The van der Waals surface area contributed by atoms with Crippen LogP contribution in [-0.4, -0.2) is 119 Å². The molecule has 16 heteroatoms. The van der Waals surface area contributed by atoms with Gasteiger partial charge >= 0.3 is 16.4 Å². The molecule has 234 valence electrons. The third kappa shape index (κ3) is 8.77. The zero-order chi connectivity index (χ0) is 30.4. The summed E-state index contributed by atoms with van der Waals surface area (Å²) in [6.45, 7) is 7.74. The first-order valence-electron chi connectivity index (χ1n) is 13.5. The topological polar surface area (TPSA) is 228 Å². The summed E-state index contributed by atoms with van der Waals surface area (Å²) in [4.78, 5) is 24.2. The fraction of sp³-hybridized carbons (Fsp3) is 0.917. The first kappa shape index (κ1) is 34.7. The minimum atomic E-state index is -4.91. The lowest BCUT2D eigenvalue weighted by molar-refractivity contribution is -0.334. The van der Waals surface area contributed by atoms with Crippen LogP contribution in [0, 0.1) is 5.92 Å². The van der Waals surface area contributed by atoms with Crippen molar-refractivity contribution in [1.82, 2.24) is 5.32 Å². The Balaban J connectivity index is 2.44. The average Bonchev–Trinajstić information content (AvgIpc) is 2.88. The number of carboxylic acid groups (broad SMARTS) is 1. The molecule has 0 spiro atoms. The summed E-state index contributed by atoms with van der Waals surface area (Å²) in [5.41, 5.74) is 0.